The van der Waals surface area contributed by atoms with Gasteiger partial charge in [0.25, 0.3) is 0 Å². The summed E-state index contributed by atoms with van der Waals surface area (Å²) < 4.78 is 0. The van der Waals surface area contributed by atoms with Gasteiger partial charge in [0.05, 0.1) is 5.54 Å². The molecule has 0 saturated heterocycles. The van der Waals surface area contributed by atoms with Gasteiger partial charge in [-0.25, -0.2) is 0 Å². The lowest BCUT2D eigenvalue weighted by Crippen LogP contribution is -2.52. The van der Waals surface area contributed by atoms with Crippen molar-refractivity contribution in [2.45, 2.75) is 299 Å². The Kier molecular flexibility index (Phi) is 60.4. The summed E-state index contributed by atoms with van der Waals surface area (Å²) >= 11 is 0. The van der Waals surface area contributed by atoms with Gasteiger partial charge in [-0.15, -0.1) is 0 Å². The Balaban J connectivity index is -0.0000000999. The van der Waals surface area contributed by atoms with E-state index in [0.717, 1.165) is 17.0 Å². The molecule has 0 aliphatic rings. The highest BCUT2D eigenvalue weighted by molar-refractivity contribution is 5.94. The molecule has 79 heavy (non-hydrogen) atoms. The topological polar surface area (TPSA) is 124 Å². The van der Waals surface area contributed by atoms with E-state index in [2.05, 4.69) is 270 Å². The highest BCUT2D eigenvalue weighted by atomic mass is 15.1. The van der Waals surface area contributed by atoms with Crippen LogP contribution in [0, 0.1) is 51.2 Å². The molecular formula is C70H147N9. The van der Waals surface area contributed by atoms with Crippen molar-refractivity contribution in [1.82, 2.24) is 20.9 Å². The normalized spacial score (nSPS) is 13.2. The Labute approximate surface area is 499 Å². The maximum Gasteiger partial charge on any atom is 0.0570 e. The molecule has 0 aromatic rings. The minimum atomic E-state index is 0.0833. The van der Waals surface area contributed by atoms with Crippen LogP contribution >= 0.6 is 0 Å². The molecule has 5 N–H and O–H groups in total. The largest absolute Gasteiger partial charge is 0.392 e. The lowest BCUT2D eigenvalue weighted by atomic mass is 9.67. The number of likely N-dealkylation sites (N-methyl/N-ethyl adjacent to an activating group) is 1. The van der Waals surface area contributed by atoms with E-state index >= 15 is 0 Å². The first-order valence-corrected chi connectivity index (χ1v) is 30.0. The molecule has 0 atom stereocenters. The molecule has 9 nitrogen and oxygen atoms in total. The lowest BCUT2D eigenvalue weighted by molar-refractivity contribution is 0.104. The Morgan fingerprint density at radius 1 is 0.532 bits per heavy atom. The third-order valence-corrected chi connectivity index (χ3v) is 16.7. The summed E-state index contributed by atoms with van der Waals surface area (Å²) in [5.74, 6) is 3.15. The van der Waals surface area contributed by atoms with Gasteiger partial charge in [-0.1, -0.05) is 132 Å². The molecule has 0 aromatic heterocycles. The van der Waals surface area contributed by atoms with Gasteiger partial charge in [-0.2, -0.15) is 0 Å². The molecule has 0 amide bonds. The van der Waals surface area contributed by atoms with Crippen LogP contribution in [0.2, 0.25) is 0 Å². The van der Waals surface area contributed by atoms with Crippen LogP contribution in [0.3, 0.4) is 0 Å². The highest BCUT2D eigenvalue weighted by Crippen LogP contribution is 2.37. The van der Waals surface area contributed by atoms with Crippen LogP contribution in [0.4, 0.5) is 0 Å². The first-order valence-electron chi connectivity index (χ1n) is 30.0. The predicted octanol–water partition coefficient (Wildman–Crippen LogP) is 20.7. The van der Waals surface area contributed by atoms with Crippen molar-refractivity contribution in [3.05, 3.63) is 58.1 Å². The molecule has 0 saturated carbocycles. The van der Waals surface area contributed by atoms with Gasteiger partial charge in [0.1, 0.15) is 0 Å². The molecule has 0 rings (SSSR count). The molecule has 0 bridgehead atoms. The van der Waals surface area contributed by atoms with Crippen LogP contribution in [0.15, 0.2) is 73.1 Å². The minimum Gasteiger partial charge on any atom is -0.392 e. The molecule has 0 spiro atoms. The standard InChI is InChI=1S/C10H23N.6C8H17N.2C6H11N/c1-8(2)9(3,4)10(5,6)11-7;1-6-7(2)8(3,4)9-5;1-6-8(4)9(5)7(2)3;1-6-9-8(4,5)7(2)3;1-6(2)8(4,5)7(3)9;1-6(2)7(3)8(4)9-5;1-6(2)8(5)9-7(3)4;1-4-6(3)7-5-2;1-4-5(2)6(3)7/h8,11H,1-7H3;6,9H,1-5H3;2*6-7H,1-5H3;2*6,9H,1-5H3;6-7H,1-5H3;4-5H,1-3H3;4,7H,1-3H3/b;7-6+;8-6+;;;8-7-;;6-4+,7-5?;5-4+,7-6?. The zero-order valence-electron chi connectivity index (χ0n) is 61.8. The number of nitrogens with one attached hydrogen (secondary N) is 5. The molecule has 0 radical (unpaired) electrons. The maximum atomic E-state index is 7.43. The Morgan fingerprint density at radius 3 is 1.05 bits per heavy atom. The molecule has 0 fully saturated rings. The number of nitrogens with zero attached hydrogens (tertiary/aromatic N) is 4. The smallest absolute Gasteiger partial charge is 0.0570 e. The molecule has 0 unspecified atom stereocenters. The molecule has 0 aromatic carbocycles. The summed E-state index contributed by atoms with van der Waals surface area (Å²) in [5, 5.41) is 24.2. The van der Waals surface area contributed by atoms with Gasteiger partial charge in [0.15, 0.2) is 0 Å². The monoisotopic (exact) mass is 1110 g/mol. The van der Waals surface area contributed by atoms with Crippen LogP contribution in [0.25, 0.3) is 0 Å². The van der Waals surface area contributed by atoms with Crippen LogP contribution in [0.1, 0.15) is 270 Å². The van der Waals surface area contributed by atoms with Gasteiger partial charge in [-0.05, 0) is 234 Å². The number of hydrogen-bond donors (Lipinski definition) is 5. The van der Waals surface area contributed by atoms with Crippen molar-refractivity contribution < 1.29 is 0 Å². The fourth-order valence-electron chi connectivity index (χ4n) is 4.81. The van der Waals surface area contributed by atoms with Crippen molar-refractivity contribution in [1.29, 1.82) is 10.8 Å². The third kappa shape index (κ3) is 52.4. The molecule has 0 heterocycles. The van der Waals surface area contributed by atoms with E-state index in [4.69, 9.17) is 10.8 Å². The molecule has 472 valence electrons. The van der Waals surface area contributed by atoms with Crippen molar-refractivity contribution in [2.24, 2.45) is 55.4 Å². The summed E-state index contributed by atoms with van der Waals surface area (Å²) in [6.07, 6.45) is 11.8. The van der Waals surface area contributed by atoms with Gasteiger partial charge < -0.3 is 31.7 Å². The SMILES string of the molecule is C/C=C(\C)C(C)(C)NC.C/C=C(\C)C(C)=N.C/C=C(\C)N(C)C(C)C.CC(=N)C(C)(C)C(C)C.CC(=NC(C)C)C(C)C.CC=N/C(C)=C/C.CC=NC(C)(C)C(C)C.CN/C(C)=C(/C)C(C)C.CNC(C)(C)C(C)(C)C(C)C. The summed E-state index contributed by atoms with van der Waals surface area (Å²) in [4.78, 5) is 15.0. The van der Waals surface area contributed by atoms with Gasteiger partial charge in [0.2, 0.25) is 0 Å². The van der Waals surface area contributed by atoms with E-state index < -0.39 is 0 Å². The van der Waals surface area contributed by atoms with Crippen LogP contribution in [0.5, 0.6) is 0 Å². The summed E-state index contributed by atoms with van der Waals surface area (Å²) in [6, 6.07) is 1.06. The Morgan fingerprint density at radius 2 is 0.962 bits per heavy atom. The van der Waals surface area contributed by atoms with Crippen molar-refractivity contribution in [3.8, 4) is 0 Å². The van der Waals surface area contributed by atoms with Gasteiger partial charge in [0, 0.05) is 83.1 Å². The fraction of sp³-hybridized carbons (Fsp3) is 0.786. The Hall–Kier alpha value is -3.43. The quantitative estimate of drug-likeness (QED) is 0.0735. The first kappa shape index (κ1) is 94.8. The van der Waals surface area contributed by atoms with E-state index in [1.807, 2.05) is 88.0 Å². The lowest BCUT2D eigenvalue weighted by Gasteiger charge is -2.44. The molecule has 0 aliphatic heterocycles. The van der Waals surface area contributed by atoms with Crippen LogP contribution < -0.4 is 16.0 Å². The van der Waals surface area contributed by atoms with Gasteiger partial charge >= 0.3 is 0 Å². The van der Waals surface area contributed by atoms with Crippen LogP contribution in [-0.4, -0.2) is 91.4 Å². The second kappa shape index (κ2) is 50.3. The zero-order chi connectivity index (χ0) is 65.8. The number of allylic oxidation sites excluding steroid dienone is 9. The van der Waals surface area contributed by atoms with Crippen molar-refractivity contribution in [3.63, 3.8) is 0 Å². The second-order valence-electron chi connectivity index (χ2n) is 25.6. The average molecular weight is 1120 g/mol. The van der Waals surface area contributed by atoms with Crippen molar-refractivity contribution >= 4 is 29.6 Å². The van der Waals surface area contributed by atoms with Crippen LogP contribution in [-0.2, 0) is 0 Å². The van der Waals surface area contributed by atoms with E-state index in [0.29, 0.717) is 52.8 Å². The number of hydrogen-bond acceptors (Lipinski definition) is 9. The molecule has 9 heteroatoms. The summed E-state index contributed by atoms with van der Waals surface area (Å²) in [5.41, 5.74) is 11.2. The van der Waals surface area contributed by atoms with Crippen molar-refractivity contribution in [2.75, 3.05) is 28.2 Å². The zero-order valence-corrected chi connectivity index (χ0v) is 61.8. The summed E-state index contributed by atoms with van der Waals surface area (Å²) in [6.45, 7) is 82.7. The molecule has 0 aliphatic carbocycles. The van der Waals surface area contributed by atoms with E-state index in [1.165, 1.54) is 28.3 Å². The predicted molar refractivity (Wildman–Crippen MR) is 374 cm³/mol. The van der Waals surface area contributed by atoms with Gasteiger partial charge in [-0.3, -0.25) is 15.0 Å². The fourth-order valence-corrected chi connectivity index (χ4v) is 4.81. The number of rotatable bonds is 17. The highest BCUT2D eigenvalue weighted by Gasteiger charge is 2.37. The second-order valence-corrected chi connectivity index (χ2v) is 25.6. The first-order chi connectivity index (χ1) is 35.4. The Bertz CT molecular complexity index is 1780. The van der Waals surface area contributed by atoms with E-state index in [1.54, 1.807) is 13.1 Å². The molecular weight excluding hydrogens is 967 g/mol. The third-order valence-electron chi connectivity index (χ3n) is 16.7. The summed E-state index contributed by atoms with van der Waals surface area (Å²) in [7, 11) is 8.08. The van der Waals surface area contributed by atoms with E-state index in [-0.39, 0.29) is 22.0 Å². The average Bonchev–Trinajstić information content (AvgIpc) is 3.35. The number of aliphatic imine (C=N–C) groups is 3. The van der Waals surface area contributed by atoms with E-state index in [9.17, 15) is 0 Å². The maximum absolute atomic E-state index is 7.43. The minimum absolute atomic E-state index is 0.0833.